The lowest BCUT2D eigenvalue weighted by Gasteiger charge is -2.36. The normalized spacial score (nSPS) is 17.8. The van der Waals surface area contributed by atoms with E-state index < -0.39 is 21.1 Å². The summed E-state index contributed by atoms with van der Waals surface area (Å²) in [5.74, 6) is 0. The SMILES string of the molecule is [2H][C@H](CCO[Si](C)(C)C(C)(C)C)[C@H]([2H])c1ccccc1. The largest absolute Gasteiger partial charge is 0.417 e. The highest BCUT2D eigenvalue weighted by atomic mass is 28.4. The van der Waals surface area contributed by atoms with Crippen LogP contribution >= 0.6 is 0 Å². The lowest BCUT2D eigenvalue weighted by molar-refractivity contribution is 0.279. The van der Waals surface area contributed by atoms with Crippen LogP contribution in [0.1, 0.15) is 41.9 Å². The molecule has 0 spiro atoms. The Morgan fingerprint density at radius 1 is 1.17 bits per heavy atom. The molecule has 0 aliphatic rings. The van der Waals surface area contributed by atoms with Crippen molar-refractivity contribution in [1.29, 1.82) is 0 Å². The van der Waals surface area contributed by atoms with Crippen molar-refractivity contribution in [3.05, 3.63) is 35.9 Å². The van der Waals surface area contributed by atoms with Crippen LogP contribution in [0.5, 0.6) is 0 Å². The fourth-order valence-electron chi connectivity index (χ4n) is 1.38. The highest BCUT2D eigenvalue weighted by Gasteiger charge is 2.36. The first-order valence-corrected chi connectivity index (χ1v) is 9.59. The van der Waals surface area contributed by atoms with Crippen molar-refractivity contribution in [2.45, 2.75) is 58.1 Å². The molecular formula is C16H28OSi. The number of hydrogen-bond donors (Lipinski definition) is 0. The van der Waals surface area contributed by atoms with E-state index in [0.717, 1.165) is 5.56 Å². The molecule has 1 nitrogen and oxygen atoms in total. The van der Waals surface area contributed by atoms with E-state index in [0.29, 0.717) is 13.0 Å². The summed E-state index contributed by atoms with van der Waals surface area (Å²) in [6.45, 7) is 11.7. The van der Waals surface area contributed by atoms with Gasteiger partial charge < -0.3 is 4.43 Å². The average molecular weight is 266 g/mol. The summed E-state index contributed by atoms with van der Waals surface area (Å²) in [5.41, 5.74) is 0.917. The molecule has 1 rings (SSSR count). The maximum atomic E-state index is 8.14. The lowest BCUT2D eigenvalue weighted by Crippen LogP contribution is -2.40. The molecule has 0 unspecified atom stereocenters. The van der Waals surface area contributed by atoms with Gasteiger partial charge in [0.2, 0.25) is 0 Å². The van der Waals surface area contributed by atoms with E-state index in [1.807, 2.05) is 30.3 Å². The molecule has 0 aliphatic heterocycles. The van der Waals surface area contributed by atoms with E-state index in [2.05, 4.69) is 33.9 Å². The zero-order valence-electron chi connectivity index (χ0n) is 14.4. The molecule has 18 heavy (non-hydrogen) atoms. The van der Waals surface area contributed by atoms with E-state index in [1.165, 1.54) is 0 Å². The zero-order chi connectivity index (χ0) is 15.4. The van der Waals surface area contributed by atoms with Gasteiger partial charge in [0.15, 0.2) is 8.32 Å². The van der Waals surface area contributed by atoms with Crippen molar-refractivity contribution in [2.75, 3.05) is 6.61 Å². The molecule has 2 atom stereocenters. The average Bonchev–Trinajstić information content (AvgIpc) is 2.37. The Labute approximate surface area is 117 Å². The van der Waals surface area contributed by atoms with E-state index in [-0.39, 0.29) is 5.04 Å². The number of aryl methyl sites for hydroxylation is 1. The lowest BCUT2D eigenvalue weighted by atomic mass is 10.1. The topological polar surface area (TPSA) is 9.23 Å². The van der Waals surface area contributed by atoms with Crippen LogP contribution in [0.25, 0.3) is 0 Å². The second-order valence-electron chi connectivity index (χ2n) is 6.21. The van der Waals surface area contributed by atoms with Crippen LogP contribution in [-0.2, 0) is 10.8 Å². The molecule has 0 fully saturated rings. The third kappa shape index (κ3) is 4.95. The van der Waals surface area contributed by atoms with Crippen LogP contribution < -0.4 is 0 Å². The third-order valence-electron chi connectivity index (χ3n) is 3.66. The Kier molecular flexibility index (Phi) is 4.51. The first kappa shape index (κ1) is 12.4. The predicted octanol–water partition coefficient (Wildman–Crippen LogP) is 5.03. The van der Waals surface area contributed by atoms with Crippen LogP contribution in [0, 0.1) is 0 Å². The number of rotatable bonds is 6. The van der Waals surface area contributed by atoms with Gasteiger partial charge in [-0.15, -0.1) is 0 Å². The summed E-state index contributed by atoms with van der Waals surface area (Å²) in [4.78, 5) is 0. The zero-order valence-corrected chi connectivity index (χ0v) is 13.4. The van der Waals surface area contributed by atoms with E-state index in [9.17, 15) is 0 Å². The molecule has 102 valence electrons. The van der Waals surface area contributed by atoms with Gasteiger partial charge in [-0.2, -0.15) is 0 Å². The Morgan fingerprint density at radius 2 is 1.78 bits per heavy atom. The van der Waals surface area contributed by atoms with E-state index in [1.54, 1.807) is 0 Å². The van der Waals surface area contributed by atoms with Crippen LogP contribution in [0.15, 0.2) is 30.3 Å². The van der Waals surface area contributed by atoms with Crippen molar-refractivity contribution in [3.63, 3.8) is 0 Å². The molecule has 1 aromatic rings. The Balaban J connectivity index is 2.46. The molecule has 0 aliphatic carbocycles. The monoisotopic (exact) mass is 266 g/mol. The van der Waals surface area contributed by atoms with Gasteiger partial charge in [-0.3, -0.25) is 0 Å². The van der Waals surface area contributed by atoms with Crippen LogP contribution in [0.2, 0.25) is 18.1 Å². The van der Waals surface area contributed by atoms with Gasteiger partial charge in [0, 0.05) is 9.35 Å². The molecule has 2 heteroatoms. The minimum Gasteiger partial charge on any atom is -0.417 e. The molecule has 0 radical (unpaired) electrons. The maximum Gasteiger partial charge on any atom is 0.191 e. The van der Waals surface area contributed by atoms with Gasteiger partial charge in [0.25, 0.3) is 0 Å². The molecule has 0 bridgehead atoms. The summed E-state index contributed by atoms with van der Waals surface area (Å²) >= 11 is 0. The smallest absolute Gasteiger partial charge is 0.191 e. The molecule has 0 saturated carbocycles. The van der Waals surface area contributed by atoms with Gasteiger partial charge >= 0.3 is 0 Å². The Morgan fingerprint density at radius 3 is 2.33 bits per heavy atom. The number of hydrogen-bond acceptors (Lipinski definition) is 1. The summed E-state index contributed by atoms with van der Waals surface area (Å²) in [7, 11) is -1.73. The molecule has 0 aromatic heterocycles. The predicted molar refractivity (Wildman–Crippen MR) is 82.5 cm³/mol. The molecule has 1 aromatic carbocycles. The molecule has 0 amide bonds. The fraction of sp³-hybridized carbons (Fsp3) is 0.625. The molecule has 0 saturated heterocycles. The van der Waals surface area contributed by atoms with Gasteiger partial charge in [0.05, 0.1) is 0 Å². The van der Waals surface area contributed by atoms with Crippen molar-refractivity contribution in [1.82, 2.24) is 0 Å². The maximum absolute atomic E-state index is 8.14. The summed E-state index contributed by atoms with van der Waals surface area (Å²) in [6, 6.07) is 9.64. The van der Waals surface area contributed by atoms with Crippen molar-refractivity contribution < 1.29 is 7.17 Å². The number of benzene rings is 1. The second-order valence-corrected chi connectivity index (χ2v) is 11.0. The van der Waals surface area contributed by atoms with Crippen molar-refractivity contribution in [2.24, 2.45) is 0 Å². The quantitative estimate of drug-likeness (QED) is 0.656. The second kappa shape index (κ2) is 6.53. The van der Waals surface area contributed by atoms with Gasteiger partial charge in [-0.1, -0.05) is 51.1 Å². The molecule has 0 N–H and O–H groups in total. The standard InChI is InChI=1S/C16H28OSi/c1-16(2,3)18(4,5)17-14-10-9-13-15-11-7-6-8-12-15/h6-8,11-12H,9-10,13-14H2,1-5H3/i9D,13D/t9-,13+/m1/s1. The van der Waals surface area contributed by atoms with E-state index >= 15 is 0 Å². The van der Waals surface area contributed by atoms with Gasteiger partial charge in [-0.05, 0) is 42.9 Å². The summed E-state index contributed by atoms with van der Waals surface area (Å²) < 4.78 is 22.4. The Bertz CT molecular complexity index is 401. The Hall–Kier alpha value is -0.603. The minimum atomic E-state index is -1.73. The summed E-state index contributed by atoms with van der Waals surface area (Å²) in [5, 5.41) is 0.199. The van der Waals surface area contributed by atoms with Crippen LogP contribution in [0.3, 0.4) is 0 Å². The van der Waals surface area contributed by atoms with Crippen molar-refractivity contribution >= 4 is 8.32 Å². The highest BCUT2D eigenvalue weighted by molar-refractivity contribution is 6.74. The van der Waals surface area contributed by atoms with Gasteiger partial charge in [-0.25, -0.2) is 0 Å². The summed E-state index contributed by atoms with van der Waals surface area (Å²) in [6.07, 6.45) is -0.295. The first-order valence-electron chi connectivity index (χ1n) is 7.84. The highest BCUT2D eigenvalue weighted by Crippen LogP contribution is 2.36. The van der Waals surface area contributed by atoms with Crippen molar-refractivity contribution in [3.8, 4) is 0 Å². The van der Waals surface area contributed by atoms with Gasteiger partial charge in [0.1, 0.15) is 0 Å². The fourth-order valence-corrected chi connectivity index (χ4v) is 2.44. The van der Waals surface area contributed by atoms with Crippen LogP contribution in [0.4, 0.5) is 0 Å². The third-order valence-corrected chi connectivity index (χ3v) is 8.20. The van der Waals surface area contributed by atoms with E-state index in [4.69, 9.17) is 7.17 Å². The first-order chi connectivity index (χ1) is 9.15. The minimum absolute atomic E-state index is 0.199. The molecule has 0 heterocycles. The molecular weight excluding hydrogens is 236 g/mol. The van der Waals surface area contributed by atoms with Crippen LogP contribution in [-0.4, -0.2) is 14.9 Å².